The fourth-order valence-corrected chi connectivity index (χ4v) is 2.76. The minimum absolute atomic E-state index is 0.150. The van der Waals surface area contributed by atoms with Gasteiger partial charge in [0.1, 0.15) is 5.82 Å². The summed E-state index contributed by atoms with van der Waals surface area (Å²) < 4.78 is 0. The Balaban J connectivity index is 1.82. The van der Waals surface area contributed by atoms with Gasteiger partial charge in [-0.1, -0.05) is 0 Å². The summed E-state index contributed by atoms with van der Waals surface area (Å²) in [5.74, 6) is 1.35. The number of nitrogens with one attached hydrogen (secondary N) is 1. The molecular formula is C15H19N5O. The second-order valence-corrected chi connectivity index (χ2v) is 5.50. The molecule has 2 aromatic rings. The van der Waals surface area contributed by atoms with Crippen molar-refractivity contribution in [2.75, 3.05) is 13.1 Å². The Hall–Kier alpha value is -2.24. The number of H-pyrrole nitrogens is 1. The second-order valence-electron chi connectivity index (χ2n) is 5.50. The van der Waals surface area contributed by atoms with Crippen molar-refractivity contribution in [1.29, 1.82) is 0 Å². The molecule has 6 nitrogen and oxygen atoms in total. The van der Waals surface area contributed by atoms with E-state index < -0.39 is 0 Å². The zero-order valence-corrected chi connectivity index (χ0v) is 12.3. The summed E-state index contributed by atoms with van der Waals surface area (Å²) in [6.45, 7) is 5.18. The molecule has 1 fully saturated rings. The number of hydrogen-bond donors (Lipinski definition) is 1. The van der Waals surface area contributed by atoms with Gasteiger partial charge in [0.15, 0.2) is 0 Å². The van der Waals surface area contributed by atoms with E-state index in [1.807, 2.05) is 24.0 Å². The number of carbonyl (C=O) groups excluding carboxylic acids is 1. The van der Waals surface area contributed by atoms with E-state index in [9.17, 15) is 4.79 Å². The molecule has 0 aromatic carbocycles. The monoisotopic (exact) mass is 285 g/mol. The van der Waals surface area contributed by atoms with E-state index in [0.717, 1.165) is 48.8 Å². The van der Waals surface area contributed by atoms with Crippen molar-refractivity contribution in [3.05, 3.63) is 29.8 Å². The lowest BCUT2D eigenvalue weighted by molar-refractivity contribution is -0.129. The Morgan fingerprint density at radius 2 is 2.10 bits per heavy atom. The van der Waals surface area contributed by atoms with Gasteiger partial charge < -0.3 is 4.90 Å². The number of aromatic nitrogens is 4. The van der Waals surface area contributed by atoms with Crippen LogP contribution < -0.4 is 0 Å². The van der Waals surface area contributed by atoms with Crippen molar-refractivity contribution in [3.63, 3.8) is 0 Å². The summed E-state index contributed by atoms with van der Waals surface area (Å²) in [7, 11) is 0. The average molecular weight is 285 g/mol. The van der Waals surface area contributed by atoms with Crippen LogP contribution in [0.15, 0.2) is 18.3 Å². The topological polar surface area (TPSA) is 74.8 Å². The van der Waals surface area contributed by atoms with Crippen molar-refractivity contribution in [2.45, 2.75) is 32.6 Å². The summed E-state index contributed by atoms with van der Waals surface area (Å²) >= 11 is 0. The Morgan fingerprint density at radius 1 is 1.33 bits per heavy atom. The first kappa shape index (κ1) is 13.7. The van der Waals surface area contributed by atoms with E-state index >= 15 is 0 Å². The van der Waals surface area contributed by atoms with Gasteiger partial charge in [-0.2, -0.15) is 5.10 Å². The van der Waals surface area contributed by atoms with Crippen LogP contribution in [-0.2, 0) is 4.79 Å². The fraction of sp³-hybridized carbons (Fsp3) is 0.467. The largest absolute Gasteiger partial charge is 0.343 e. The Labute approximate surface area is 123 Å². The van der Waals surface area contributed by atoms with Gasteiger partial charge in [-0.15, -0.1) is 0 Å². The molecule has 0 saturated carbocycles. The third kappa shape index (κ3) is 2.94. The van der Waals surface area contributed by atoms with Crippen molar-refractivity contribution >= 4 is 5.91 Å². The highest BCUT2D eigenvalue weighted by Gasteiger charge is 2.24. The molecular weight excluding hydrogens is 266 g/mol. The van der Waals surface area contributed by atoms with Gasteiger partial charge in [0.2, 0.25) is 5.91 Å². The summed E-state index contributed by atoms with van der Waals surface area (Å²) in [4.78, 5) is 22.6. The van der Waals surface area contributed by atoms with Crippen molar-refractivity contribution in [1.82, 2.24) is 25.1 Å². The van der Waals surface area contributed by atoms with Gasteiger partial charge in [0.25, 0.3) is 0 Å². The summed E-state index contributed by atoms with van der Waals surface area (Å²) in [6, 6.07) is 3.87. The molecule has 0 bridgehead atoms. The third-order valence-electron chi connectivity index (χ3n) is 3.95. The number of aryl methyl sites for hydroxylation is 1. The lowest BCUT2D eigenvalue weighted by atomic mass is 9.95. The molecule has 1 N–H and O–H groups in total. The zero-order chi connectivity index (χ0) is 14.8. The molecule has 21 heavy (non-hydrogen) atoms. The molecule has 0 radical (unpaired) electrons. The van der Waals surface area contributed by atoms with Crippen LogP contribution in [0.4, 0.5) is 0 Å². The van der Waals surface area contributed by atoms with E-state index in [1.54, 1.807) is 13.1 Å². The number of aromatic amines is 1. The van der Waals surface area contributed by atoms with Crippen molar-refractivity contribution in [2.24, 2.45) is 0 Å². The predicted molar refractivity (Wildman–Crippen MR) is 78.6 cm³/mol. The van der Waals surface area contributed by atoms with E-state index in [-0.39, 0.29) is 5.91 Å². The smallest absolute Gasteiger partial charge is 0.219 e. The van der Waals surface area contributed by atoms with E-state index in [2.05, 4.69) is 20.2 Å². The number of likely N-dealkylation sites (tertiary alicyclic amines) is 1. The maximum Gasteiger partial charge on any atom is 0.219 e. The molecule has 0 aliphatic carbocycles. The van der Waals surface area contributed by atoms with E-state index in [4.69, 9.17) is 0 Å². The molecule has 6 heteroatoms. The minimum Gasteiger partial charge on any atom is -0.343 e. The van der Waals surface area contributed by atoms with Gasteiger partial charge in [-0.3, -0.25) is 9.89 Å². The van der Waals surface area contributed by atoms with Gasteiger partial charge in [0, 0.05) is 37.8 Å². The number of rotatable bonds is 2. The molecule has 3 rings (SSSR count). The quantitative estimate of drug-likeness (QED) is 0.914. The Morgan fingerprint density at radius 3 is 2.71 bits per heavy atom. The Kier molecular flexibility index (Phi) is 3.68. The third-order valence-corrected chi connectivity index (χ3v) is 3.95. The van der Waals surface area contributed by atoms with Gasteiger partial charge in [-0.05, 0) is 31.9 Å². The molecule has 1 saturated heterocycles. The highest BCUT2D eigenvalue weighted by molar-refractivity contribution is 5.73. The number of carbonyl (C=O) groups is 1. The lowest BCUT2D eigenvalue weighted by Crippen LogP contribution is -2.36. The molecule has 1 amide bonds. The first-order valence-corrected chi connectivity index (χ1v) is 7.24. The molecule has 0 unspecified atom stereocenters. The van der Waals surface area contributed by atoms with Gasteiger partial charge in [-0.25, -0.2) is 9.97 Å². The van der Waals surface area contributed by atoms with Crippen LogP contribution in [0.25, 0.3) is 11.4 Å². The number of piperidine rings is 1. The number of amides is 1. The molecule has 0 atom stereocenters. The zero-order valence-electron chi connectivity index (χ0n) is 12.3. The normalized spacial score (nSPS) is 16.2. The molecule has 110 valence electrons. The van der Waals surface area contributed by atoms with Gasteiger partial charge >= 0.3 is 0 Å². The summed E-state index contributed by atoms with van der Waals surface area (Å²) in [5.41, 5.74) is 2.74. The SMILES string of the molecule is CC(=O)N1CCC(c2nc(C)cc(-c3ccn[nH]3)n2)CC1. The van der Waals surface area contributed by atoms with Crippen molar-refractivity contribution in [3.8, 4) is 11.4 Å². The number of hydrogen-bond acceptors (Lipinski definition) is 4. The first-order chi connectivity index (χ1) is 10.1. The number of nitrogens with zero attached hydrogens (tertiary/aromatic N) is 4. The average Bonchev–Trinajstić information content (AvgIpc) is 3.01. The highest BCUT2D eigenvalue weighted by atomic mass is 16.2. The molecule has 0 spiro atoms. The Bertz CT molecular complexity index is 630. The predicted octanol–water partition coefficient (Wildman–Crippen LogP) is 1.90. The van der Waals surface area contributed by atoms with Crippen LogP contribution in [0.3, 0.4) is 0 Å². The van der Waals surface area contributed by atoms with Crippen LogP contribution in [0.5, 0.6) is 0 Å². The summed E-state index contributed by atoms with van der Waals surface area (Å²) in [5, 5.41) is 6.91. The molecule has 1 aliphatic heterocycles. The lowest BCUT2D eigenvalue weighted by Gasteiger charge is -2.30. The van der Waals surface area contributed by atoms with E-state index in [1.165, 1.54) is 0 Å². The maximum absolute atomic E-state index is 11.4. The highest BCUT2D eigenvalue weighted by Crippen LogP contribution is 2.27. The van der Waals surface area contributed by atoms with E-state index in [0.29, 0.717) is 5.92 Å². The van der Waals surface area contributed by atoms with Crippen LogP contribution >= 0.6 is 0 Å². The minimum atomic E-state index is 0.150. The van der Waals surface area contributed by atoms with Crippen molar-refractivity contribution < 1.29 is 4.79 Å². The second kappa shape index (κ2) is 5.63. The van der Waals surface area contributed by atoms with Crippen LogP contribution in [0, 0.1) is 6.92 Å². The molecule has 1 aliphatic rings. The van der Waals surface area contributed by atoms with Crippen LogP contribution in [-0.4, -0.2) is 44.1 Å². The van der Waals surface area contributed by atoms with Crippen LogP contribution in [0.2, 0.25) is 0 Å². The first-order valence-electron chi connectivity index (χ1n) is 7.24. The fourth-order valence-electron chi connectivity index (χ4n) is 2.76. The standard InChI is InChI=1S/C15H19N5O/c1-10-9-14(13-3-6-16-19-13)18-15(17-10)12-4-7-20(8-5-12)11(2)21/h3,6,9,12H,4-5,7-8H2,1-2H3,(H,16,19). The maximum atomic E-state index is 11.4. The van der Waals surface area contributed by atoms with Gasteiger partial charge in [0.05, 0.1) is 11.4 Å². The molecule has 3 heterocycles. The molecule has 2 aromatic heterocycles. The van der Waals surface area contributed by atoms with Crippen LogP contribution in [0.1, 0.15) is 37.2 Å². The summed E-state index contributed by atoms with van der Waals surface area (Å²) in [6.07, 6.45) is 3.56.